The van der Waals surface area contributed by atoms with Gasteiger partial charge < -0.3 is 5.11 Å². The van der Waals surface area contributed by atoms with E-state index < -0.39 is 0 Å². The molecule has 1 N–H and O–H groups in total. The van der Waals surface area contributed by atoms with Crippen molar-refractivity contribution < 1.29 is 5.11 Å². The maximum atomic E-state index is 9.26. The first-order chi connectivity index (χ1) is 5.29. The smallest absolute Gasteiger partial charge is 0.124 e. The second kappa shape index (κ2) is 3.01. The van der Waals surface area contributed by atoms with Gasteiger partial charge in [-0.05, 0) is 18.9 Å². The first kappa shape index (κ1) is 7.54. The van der Waals surface area contributed by atoms with E-state index in [9.17, 15) is 5.11 Å². The highest BCUT2D eigenvalue weighted by atomic mass is 16.3. The van der Waals surface area contributed by atoms with E-state index in [1.54, 1.807) is 24.3 Å². The summed E-state index contributed by atoms with van der Waals surface area (Å²) in [6, 6.07) is 5.07. The molecule has 0 saturated carbocycles. The minimum atomic E-state index is 0.185. The molecular weight excluding hydrogens is 138 g/mol. The normalized spacial score (nSPS) is 9.09. The molecule has 0 spiro atoms. The van der Waals surface area contributed by atoms with Gasteiger partial charge in [0.2, 0.25) is 0 Å². The third kappa shape index (κ3) is 1.29. The van der Waals surface area contributed by atoms with Crippen LogP contribution in [0.25, 0.3) is 6.08 Å². The van der Waals surface area contributed by atoms with Crippen molar-refractivity contribution in [2.24, 2.45) is 4.99 Å². The second-order valence-corrected chi connectivity index (χ2v) is 2.07. The van der Waals surface area contributed by atoms with Crippen molar-refractivity contribution in [2.75, 3.05) is 0 Å². The first-order valence-electron chi connectivity index (χ1n) is 3.20. The molecule has 0 aromatic heterocycles. The van der Waals surface area contributed by atoms with E-state index in [1.807, 2.05) is 0 Å². The number of nitrogens with zero attached hydrogens (tertiary/aromatic N) is 1. The van der Waals surface area contributed by atoms with Crippen LogP contribution in [0.3, 0.4) is 0 Å². The highest BCUT2D eigenvalue weighted by molar-refractivity contribution is 5.69. The highest BCUT2D eigenvalue weighted by Crippen LogP contribution is 2.27. The Labute approximate surface area is 65.5 Å². The number of phenolic OH excluding ortho intramolecular Hbond substituents is 1. The molecule has 0 aliphatic carbocycles. The Bertz CT molecular complexity index is 292. The van der Waals surface area contributed by atoms with Crippen LogP contribution in [0.2, 0.25) is 0 Å². The van der Waals surface area contributed by atoms with Crippen LogP contribution in [0.4, 0.5) is 5.69 Å². The van der Waals surface area contributed by atoms with Gasteiger partial charge in [0.25, 0.3) is 0 Å². The SMILES string of the molecule is C=Cc1c(O)cccc1N=C. The summed E-state index contributed by atoms with van der Waals surface area (Å²) >= 11 is 0. The molecule has 2 nitrogen and oxygen atoms in total. The minimum absolute atomic E-state index is 0.185. The molecule has 0 radical (unpaired) electrons. The Kier molecular flexibility index (Phi) is 2.06. The van der Waals surface area contributed by atoms with Crippen LogP contribution < -0.4 is 0 Å². The Morgan fingerprint density at radius 2 is 2.18 bits per heavy atom. The van der Waals surface area contributed by atoms with Crippen LogP contribution in [0, 0.1) is 0 Å². The Morgan fingerprint density at radius 3 is 2.64 bits per heavy atom. The second-order valence-electron chi connectivity index (χ2n) is 2.07. The number of hydrogen-bond acceptors (Lipinski definition) is 2. The molecule has 0 aliphatic heterocycles. The van der Waals surface area contributed by atoms with E-state index in [2.05, 4.69) is 18.3 Å². The van der Waals surface area contributed by atoms with E-state index in [1.165, 1.54) is 0 Å². The van der Waals surface area contributed by atoms with Crippen LogP contribution in [-0.2, 0) is 0 Å². The summed E-state index contributed by atoms with van der Waals surface area (Å²) in [4.78, 5) is 3.72. The largest absolute Gasteiger partial charge is 0.507 e. The van der Waals surface area contributed by atoms with Gasteiger partial charge in [-0.2, -0.15) is 0 Å². The van der Waals surface area contributed by atoms with Crippen molar-refractivity contribution in [1.82, 2.24) is 0 Å². The van der Waals surface area contributed by atoms with Gasteiger partial charge in [0.15, 0.2) is 0 Å². The number of rotatable bonds is 2. The van der Waals surface area contributed by atoms with Gasteiger partial charge in [0.05, 0.1) is 5.69 Å². The molecule has 1 aromatic carbocycles. The first-order valence-corrected chi connectivity index (χ1v) is 3.20. The van der Waals surface area contributed by atoms with E-state index in [0.29, 0.717) is 11.3 Å². The molecule has 11 heavy (non-hydrogen) atoms. The zero-order valence-corrected chi connectivity index (χ0v) is 6.12. The average Bonchev–Trinajstić information content (AvgIpc) is 2.04. The van der Waals surface area contributed by atoms with Crippen LogP contribution in [0.1, 0.15) is 5.56 Å². The van der Waals surface area contributed by atoms with Crippen molar-refractivity contribution in [2.45, 2.75) is 0 Å². The van der Waals surface area contributed by atoms with E-state index >= 15 is 0 Å². The molecule has 0 aliphatic rings. The highest BCUT2D eigenvalue weighted by Gasteiger charge is 2.00. The van der Waals surface area contributed by atoms with Crippen molar-refractivity contribution in [1.29, 1.82) is 0 Å². The molecule has 0 saturated heterocycles. The van der Waals surface area contributed by atoms with Gasteiger partial charge >= 0.3 is 0 Å². The molecule has 0 heterocycles. The molecule has 0 unspecified atom stereocenters. The van der Waals surface area contributed by atoms with Gasteiger partial charge in [0.1, 0.15) is 5.75 Å². The zero-order valence-electron chi connectivity index (χ0n) is 6.12. The summed E-state index contributed by atoms with van der Waals surface area (Å²) in [6.45, 7) is 6.92. The molecule has 56 valence electrons. The van der Waals surface area contributed by atoms with Crippen LogP contribution in [-0.4, -0.2) is 11.8 Å². The van der Waals surface area contributed by atoms with E-state index in [4.69, 9.17) is 0 Å². The number of aliphatic imine (C=N–C) groups is 1. The number of hydrogen-bond donors (Lipinski definition) is 1. The summed E-state index contributed by atoms with van der Waals surface area (Å²) in [5.41, 5.74) is 1.28. The molecular formula is C9H9NO. The lowest BCUT2D eigenvalue weighted by Gasteiger charge is -2.00. The summed E-state index contributed by atoms with van der Waals surface area (Å²) in [7, 11) is 0. The predicted octanol–water partition coefficient (Wildman–Crippen LogP) is 2.37. The monoisotopic (exact) mass is 147 g/mol. The maximum absolute atomic E-state index is 9.26. The lowest BCUT2D eigenvalue weighted by molar-refractivity contribution is 0.474. The number of aromatic hydroxyl groups is 1. The van der Waals surface area contributed by atoms with Crippen LogP contribution in [0.5, 0.6) is 5.75 Å². The molecule has 1 aromatic rings. The minimum Gasteiger partial charge on any atom is -0.507 e. The lowest BCUT2D eigenvalue weighted by Crippen LogP contribution is -1.74. The molecule has 0 bridgehead atoms. The fourth-order valence-corrected chi connectivity index (χ4v) is 0.888. The van der Waals surface area contributed by atoms with Gasteiger partial charge in [-0.15, -0.1) is 0 Å². The van der Waals surface area contributed by atoms with Crippen molar-refractivity contribution in [3.05, 3.63) is 30.3 Å². The number of benzene rings is 1. The Morgan fingerprint density at radius 1 is 1.45 bits per heavy atom. The molecule has 0 fully saturated rings. The van der Waals surface area contributed by atoms with Crippen LogP contribution in [0.15, 0.2) is 29.8 Å². The van der Waals surface area contributed by atoms with Crippen molar-refractivity contribution in [3.63, 3.8) is 0 Å². The molecule has 1 rings (SSSR count). The standard InChI is InChI=1S/C9H9NO/c1-3-7-8(10-2)5-4-6-9(7)11/h3-6,11H,1-2H2. The molecule has 0 amide bonds. The van der Waals surface area contributed by atoms with Gasteiger partial charge in [-0.25, -0.2) is 0 Å². The third-order valence-corrected chi connectivity index (χ3v) is 1.43. The summed E-state index contributed by atoms with van der Waals surface area (Å²) in [5.74, 6) is 0.185. The zero-order chi connectivity index (χ0) is 8.27. The molecule has 2 heteroatoms. The summed E-state index contributed by atoms with van der Waals surface area (Å²) in [5, 5.41) is 9.26. The van der Waals surface area contributed by atoms with Gasteiger partial charge in [0, 0.05) is 5.56 Å². The molecule has 0 atom stereocenters. The maximum Gasteiger partial charge on any atom is 0.124 e. The number of phenols is 1. The third-order valence-electron chi connectivity index (χ3n) is 1.43. The summed E-state index contributed by atoms with van der Waals surface area (Å²) in [6.07, 6.45) is 1.55. The van der Waals surface area contributed by atoms with E-state index in [0.717, 1.165) is 0 Å². The van der Waals surface area contributed by atoms with Crippen LogP contribution >= 0.6 is 0 Å². The van der Waals surface area contributed by atoms with Crippen molar-refractivity contribution >= 4 is 18.5 Å². The quantitative estimate of drug-likeness (QED) is 0.640. The topological polar surface area (TPSA) is 32.6 Å². The summed E-state index contributed by atoms with van der Waals surface area (Å²) < 4.78 is 0. The van der Waals surface area contributed by atoms with E-state index in [-0.39, 0.29) is 5.75 Å². The van der Waals surface area contributed by atoms with Gasteiger partial charge in [-0.1, -0.05) is 18.7 Å². The Hall–Kier alpha value is -1.57. The Balaban J connectivity index is 3.35. The lowest BCUT2D eigenvalue weighted by atomic mass is 10.1. The predicted molar refractivity (Wildman–Crippen MR) is 47.4 cm³/mol. The average molecular weight is 147 g/mol. The fraction of sp³-hybridized carbons (Fsp3) is 0. The van der Waals surface area contributed by atoms with Crippen molar-refractivity contribution in [3.8, 4) is 5.75 Å². The fourth-order valence-electron chi connectivity index (χ4n) is 0.888. The van der Waals surface area contributed by atoms with Gasteiger partial charge in [-0.3, -0.25) is 4.99 Å².